The summed E-state index contributed by atoms with van der Waals surface area (Å²) >= 11 is 0. The number of anilines is 1. The van der Waals surface area contributed by atoms with Crippen molar-refractivity contribution in [2.75, 3.05) is 11.9 Å². The predicted octanol–water partition coefficient (Wildman–Crippen LogP) is 4.74. The molecule has 2 heterocycles. The smallest absolute Gasteiger partial charge is 0.374 e. The van der Waals surface area contributed by atoms with Crippen molar-refractivity contribution in [1.82, 2.24) is 9.78 Å². The zero-order chi connectivity index (χ0) is 22.2. The molecule has 2 aromatic carbocycles. The Bertz CT molecular complexity index is 1200. The van der Waals surface area contributed by atoms with Crippen LogP contribution in [0.25, 0.3) is 0 Å². The molecule has 0 saturated heterocycles. The Morgan fingerprint density at radius 3 is 2.41 bits per heavy atom. The molecule has 4 rings (SSSR count). The second kappa shape index (κ2) is 9.98. The summed E-state index contributed by atoms with van der Waals surface area (Å²) in [5.74, 6) is -0.619. The molecular weight excluding hydrogens is 410 g/mol. The lowest BCUT2D eigenvalue weighted by Crippen LogP contribution is -2.20. The lowest BCUT2D eigenvalue weighted by molar-refractivity contribution is -0.119. The number of azo groups is 1. The van der Waals surface area contributed by atoms with E-state index < -0.39 is 18.5 Å². The molecule has 9 heteroatoms. The number of ether oxygens (including phenoxy) is 1. The van der Waals surface area contributed by atoms with E-state index >= 15 is 0 Å². The van der Waals surface area contributed by atoms with E-state index in [9.17, 15) is 9.59 Å². The van der Waals surface area contributed by atoms with Crippen LogP contribution in [-0.2, 0) is 16.1 Å². The van der Waals surface area contributed by atoms with E-state index in [1.54, 1.807) is 53.5 Å². The van der Waals surface area contributed by atoms with E-state index in [0.29, 0.717) is 23.7 Å². The summed E-state index contributed by atoms with van der Waals surface area (Å²) in [5.41, 5.74) is 1.93. The van der Waals surface area contributed by atoms with Crippen LogP contribution in [0.2, 0.25) is 0 Å². The van der Waals surface area contributed by atoms with Crippen molar-refractivity contribution >= 4 is 28.9 Å². The summed E-state index contributed by atoms with van der Waals surface area (Å²) in [5, 5.41) is 15.0. The van der Waals surface area contributed by atoms with Gasteiger partial charge >= 0.3 is 5.97 Å². The number of amides is 1. The number of hydrogen-bond donors (Lipinski definition) is 1. The Kier molecular flexibility index (Phi) is 6.47. The number of carbonyl (C=O) groups excluding carboxylic acids is 2. The summed E-state index contributed by atoms with van der Waals surface area (Å²) < 4.78 is 12.1. The van der Waals surface area contributed by atoms with Crippen molar-refractivity contribution in [3.05, 3.63) is 96.7 Å². The molecule has 0 spiro atoms. The molecule has 0 aliphatic rings. The maximum atomic E-state index is 12.1. The fourth-order valence-electron chi connectivity index (χ4n) is 2.75. The van der Waals surface area contributed by atoms with Crippen LogP contribution in [-0.4, -0.2) is 28.3 Å². The third kappa shape index (κ3) is 5.76. The molecule has 32 heavy (non-hydrogen) atoms. The van der Waals surface area contributed by atoms with E-state index in [4.69, 9.17) is 9.15 Å². The summed E-state index contributed by atoms with van der Waals surface area (Å²) in [6, 6.07) is 21.1. The SMILES string of the molecule is O=C(COC(=O)c1ccc(Cn2cccn2)o1)Nc1ccc(N=Nc2ccccc2)cc1. The van der Waals surface area contributed by atoms with Crippen LogP contribution in [0, 0.1) is 0 Å². The molecule has 1 N–H and O–H groups in total. The number of hydrogen-bond acceptors (Lipinski definition) is 7. The van der Waals surface area contributed by atoms with Gasteiger partial charge in [-0.1, -0.05) is 18.2 Å². The van der Waals surface area contributed by atoms with E-state index in [-0.39, 0.29) is 5.76 Å². The molecule has 0 atom stereocenters. The number of aromatic nitrogens is 2. The Labute approximate surface area is 183 Å². The van der Waals surface area contributed by atoms with Gasteiger partial charge in [0.15, 0.2) is 6.61 Å². The largest absolute Gasteiger partial charge is 0.452 e. The molecule has 0 radical (unpaired) electrons. The number of furan rings is 1. The normalized spacial score (nSPS) is 10.9. The van der Waals surface area contributed by atoms with Gasteiger partial charge in [0.25, 0.3) is 5.91 Å². The fourth-order valence-corrected chi connectivity index (χ4v) is 2.75. The molecule has 0 bridgehead atoms. The monoisotopic (exact) mass is 429 g/mol. The second-order valence-corrected chi connectivity index (χ2v) is 6.68. The first-order valence-corrected chi connectivity index (χ1v) is 9.76. The second-order valence-electron chi connectivity index (χ2n) is 6.68. The quantitative estimate of drug-likeness (QED) is 0.321. The van der Waals surface area contributed by atoms with Crippen molar-refractivity contribution in [2.24, 2.45) is 10.2 Å². The highest BCUT2D eigenvalue weighted by molar-refractivity contribution is 5.94. The topological polar surface area (TPSA) is 111 Å². The van der Waals surface area contributed by atoms with Gasteiger partial charge in [-0.3, -0.25) is 9.48 Å². The number of carbonyl (C=O) groups is 2. The lowest BCUT2D eigenvalue weighted by Gasteiger charge is -2.06. The van der Waals surface area contributed by atoms with Crippen LogP contribution in [0.4, 0.5) is 17.1 Å². The zero-order valence-corrected chi connectivity index (χ0v) is 16.9. The molecule has 4 aromatic rings. The van der Waals surface area contributed by atoms with E-state index in [1.165, 1.54) is 6.07 Å². The van der Waals surface area contributed by atoms with Crippen LogP contribution in [0.15, 0.2) is 99.8 Å². The fraction of sp³-hybridized carbons (Fsp3) is 0.0870. The highest BCUT2D eigenvalue weighted by Crippen LogP contribution is 2.20. The van der Waals surface area contributed by atoms with Gasteiger partial charge < -0.3 is 14.5 Å². The molecular formula is C23H19N5O4. The number of rotatable bonds is 8. The summed E-state index contributed by atoms with van der Waals surface area (Å²) in [6.07, 6.45) is 3.43. The van der Waals surface area contributed by atoms with Gasteiger partial charge in [0.2, 0.25) is 5.76 Å². The molecule has 2 aromatic heterocycles. The van der Waals surface area contributed by atoms with E-state index in [0.717, 1.165) is 5.69 Å². The summed E-state index contributed by atoms with van der Waals surface area (Å²) in [6.45, 7) is -0.0504. The standard InChI is InChI=1S/C23H19N5O4/c29-22(16-31-23(30)21-12-11-20(32-21)15-28-14-4-13-24-28)25-17-7-9-19(10-8-17)27-26-18-5-2-1-3-6-18/h1-14H,15-16H2,(H,25,29). The van der Waals surface area contributed by atoms with Crippen LogP contribution < -0.4 is 5.32 Å². The molecule has 0 aliphatic carbocycles. The highest BCUT2D eigenvalue weighted by Gasteiger charge is 2.15. The minimum atomic E-state index is -0.719. The number of benzene rings is 2. The summed E-state index contributed by atoms with van der Waals surface area (Å²) in [7, 11) is 0. The van der Waals surface area contributed by atoms with Crippen LogP contribution in [0.3, 0.4) is 0 Å². The number of nitrogens with zero attached hydrogens (tertiary/aromatic N) is 4. The minimum absolute atomic E-state index is 0.0214. The third-order valence-electron chi connectivity index (χ3n) is 4.26. The van der Waals surface area contributed by atoms with Crippen LogP contribution >= 0.6 is 0 Å². The Morgan fingerprint density at radius 1 is 0.938 bits per heavy atom. The Hall–Kier alpha value is -4.53. The van der Waals surface area contributed by atoms with Gasteiger partial charge in [0.05, 0.1) is 17.9 Å². The van der Waals surface area contributed by atoms with Gasteiger partial charge in [-0.15, -0.1) is 0 Å². The van der Waals surface area contributed by atoms with Gasteiger partial charge in [-0.25, -0.2) is 4.79 Å². The minimum Gasteiger partial charge on any atom is -0.452 e. The molecule has 0 fully saturated rings. The summed E-state index contributed by atoms with van der Waals surface area (Å²) in [4.78, 5) is 24.2. The van der Waals surface area contributed by atoms with Gasteiger partial charge in [0, 0.05) is 18.1 Å². The van der Waals surface area contributed by atoms with Crippen molar-refractivity contribution < 1.29 is 18.7 Å². The maximum absolute atomic E-state index is 12.1. The average Bonchev–Trinajstić information content (AvgIpc) is 3.50. The van der Waals surface area contributed by atoms with Crippen molar-refractivity contribution in [2.45, 2.75) is 6.54 Å². The maximum Gasteiger partial charge on any atom is 0.374 e. The van der Waals surface area contributed by atoms with E-state index in [2.05, 4.69) is 20.6 Å². The first kappa shape index (κ1) is 20.7. The van der Waals surface area contributed by atoms with Crippen LogP contribution in [0.5, 0.6) is 0 Å². The van der Waals surface area contributed by atoms with Gasteiger partial charge in [-0.2, -0.15) is 15.3 Å². The van der Waals surface area contributed by atoms with Gasteiger partial charge in [0.1, 0.15) is 5.76 Å². The molecule has 0 aliphatic heterocycles. The van der Waals surface area contributed by atoms with Gasteiger partial charge in [-0.05, 0) is 54.6 Å². The first-order chi connectivity index (χ1) is 15.7. The van der Waals surface area contributed by atoms with Crippen molar-refractivity contribution in [1.29, 1.82) is 0 Å². The Balaban J connectivity index is 1.24. The molecule has 0 saturated carbocycles. The number of nitrogens with one attached hydrogen (secondary N) is 1. The van der Waals surface area contributed by atoms with E-state index in [1.807, 2.05) is 30.3 Å². The molecule has 1 amide bonds. The third-order valence-corrected chi connectivity index (χ3v) is 4.26. The number of esters is 1. The zero-order valence-electron chi connectivity index (χ0n) is 16.9. The molecule has 0 unspecified atom stereocenters. The predicted molar refractivity (Wildman–Crippen MR) is 116 cm³/mol. The van der Waals surface area contributed by atoms with Crippen molar-refractivity contribution in [3.63, 3.8) is 0 Å². The highest BCUT2D eigenvalue weighted by atomic mass is 16.5. The van der Waals surface area contributed by atoms with Crippen molar-refractivity contribution in [3.8, 4) is 0 Å². The first-order valence-electron chi connectivity index (χ1n) is 9.76. The lowest BCUT2D eigenvalue weighted by atomic mass is 10.3. The molecule has 160 valence electrons. The molecule has 9 nitrogen and oxygen atoms in total. The Morgan fingerprint density at radius 2 is 1.69 bits per heavy atom. The van der Waals surface area contributed by atoms with Crippen LogP contribution in [0.1, 0.15) is 16.3 Å². The average molecular weight is 429 g/mol.